The van der Waals surface area contributed by atoms with Crippen LogP contribution in [0.4, 0.5) is 4.79 Å². The van der Waals surface area contributed by atoms with Gasteiger partial charge in [0.05, 0.1) is 6.61 Å². The summed E-state index contributed by atoms with van der Waals surface area (Å²) in [4.78, 5) is 24.7. The Kier molecular flexibility index (Phi) is 13.8. The number of carbonyl (C=O) groups excluding carboxylic acids is 2. The molecule has 0 aromatic carbocycles. The first kappa shape index (κ1) is 22.3. The van der Waals surface area contributed by atoms with Gasteiger partial charge in [-0.15, -0.1) is 6.42 Å². The van der Waals surface area contributed by atoms with E-state index in [1.54, 1.807) is 6.92 Å². The fourth-order valence-electron chi connectivity index (χ4n) is 2.23. The highest BCUT2D eigenvalue weighted by Crippen LogP contribution is 2.10. The van der Waals surface area contributed by atoms with Crippen molar-refractivity contribution in [3.63, 3.8) is 0 Å². The summed E-state index contributed by atoms with van der Waals surface area (Å²) in [6, 6.07) is -0.686. The topological polar surface area (TPSA) is 55.8 Å². The SMILES string of the molecule is C#CCOC(=O)N(C)C(C)C(=O)OCCCCCCCCCCC. The Hall–Kier alpha value is -1.70. The summed E-state index contributed by atoms with van der Waals surface area (Å²) in [7, 11) is 1.49. The molecule has 0 spiro atoms. The maximum atomic E-state index is 11.9. The van der Waals surface area contributed by atoms with Crippen LogP contribution in [0, 0.1) is 12.3 Å². The number of likely N-dealkylation sites (N-methyl/N-ethyl adjacent to an activating group) is 1. The van der Waals surface area contributed by atoms with Crippen LogP contribution in [-0.2, 0) is 14.3 Å². The summed E-state index contributed by atoms with van der Waals surface area (Å²) in [5.74, 6) is 1.79. The number of amides is 1. The lowest BCUT2D eigenvalue weighted by Gasteiger charge is -2.22. The van der Waals surface area contributed by atoms with E-state index in [0.717, 1.165) is 12.8 Å². The Balaban J connectivity index is 3.67. The van der Waals surface area contributed by atoms with E-state index in [9.17, 15) is 9.59 Å². The van der Waals surface area contributed by atoms with Crippen LogP contribution in [0.3, 0.4) is 0 Å². The van der Waals surface area contributed by atoms with Gasteiger partial charge in [-0.1, -0.05) is 64.2 Å². The van der Waals surface area contributed by atoms with Gasteiger partial charge in [-0.25, -0.2) is 9.59 Å². The van der Waals surface area contributed by atoms with E-state index < -0.39 is 18.1 Å². The van der Waals surface area contributed by atoms with Gasteiger partial charge in [-0.3, -0.25) is 4.90 Å². The third-order valence-electron chi connectivity index (χ3n) is 3.98. The summed E-state index contributed by atoms with van der Waals surface area (Å²) >= 11 is 0. The molecule has 0 aromatic heterocycles. The van der Waals surface area contributed by atoms with Crippen LogP contribution in [0.25, 0.3) is 0 Å². The first-order valence-electron chi connectivity index (χ1n) is 9.04. The minimum absolute atomic E-state index is 0.108. The van der Waals surface area contributed by atoms with Gasteiger partial charge in [0.1, 0.15) is 6.04 Å². The maximum absolute atomic E-state index is 11.9. The average molecular weight is 339 g/mol. The Morgan fingerprint density at radius 3 is 2.08 bits per heavy atom. The normalized spacial score (nSPS) is 11.4. The molecule has 0 saturated carbocycles. The Morgan fingerprint density at radius 2 is 1.54 bits per heavy atom. The van der Waals surface area contributed by atoms with Crippen molar-refractivity contribution in [2.75, 3.05) is 20.3 Å². The number of ether oxygens (including phenoxy) is 2. The molecule has 0 bridgehead atoms. The largest absolute Gasteiger partial charge is 0.464 e. The summed E-state index contributed by atoms with van der Waals surface area (Å²) in [5, 5.41) is 0. The first-order valence-corrected chi connectivity index (χ1v) is 9.04. The van der Waals surface area contributed by atoms with Crippen molar-refractivity contribution in [1.82, 2.24) is 4.90 Å². The fraction of sp³-hybridized carbons (Fsp3) is 0.789. The van der Waals surface area contributed by atoms with E-state index in [0.29, 0.717) is 6.61 Å². The van der Waals surface area contributed by atoms with Crippen LogP contribution in [-0.4, -0.2) is 43.3 Å². The molecule has 0 N–H and O–H groups in total. The second kappa shape index (κ2) is 14.9. The molecule has 0 aliphatic rings. The quantitative estimate of drug-likeness (QED) is 0.287. The molecular formula is C19H33NO4. The predicted molar refractivity (Wildman–Crippen MR) is 95.6 cm³/mol. The van der Waals surface area contributed by atoms with Gasteiger partial charge in [0.2, 0.25) is 0 Å². The van der Waals surface area contributed by atoms with Crippen LogP contribution in [0.1, 0.15) is 71.6 Å². The van der Waals surface area contributed by atoms with E-state index in [1.165, 1.54) is 56.9 Å². The Bertz CT molecular complexity index is 389. The zero-order chi connectivity index (χ0) is 18.2. The van der Waals surface area contributed by atoms with Crippen LogP contribution < -0.4 is 0 Å². The van der Waals surface area contributed by atoms with Crippen LogP contribution in [0.5, 0.6) is 0 Å². The van der Waals surface area contributed by atoms with Crippen molar-refractivity contribution in [2.45, 2.75) is 77.7 Å². The maximum Gasteiger partial charge on any atom is 0.411 e. The Morgan fingerprint density at radius 1 is 1.00 bits per heavy atom. The van der Waals surface area contributed by atoms with Gasteiger partial charge in [0.15, 0.2) is 6.61 Å². The molecule has 0 radical (unpaired) electrons. The lowest BCUT2D eigenvalue weighted by molar-refractivity contribution is -0.148. The predicted octanol–water partition coefficient (Wildman–Crippen LogP) is 4.15. The monoisotopic (exact) mass is 339 g/mol. The minimum Gasteiger partial charge on any atom is -0.464 e. The number of terminal acetylenes is 1. The van der Waals surface area contributed by atoms with Crippen molar-refractivity contribution >= 4 is 12.1 Å². The lowest BCUT2D eigenvalue weighted by atomic mass is 10.1. The summed E-state index contributed by atoms with van der Waals surface area (Å²) in [5.41, 5.74) is 0. The van der Waals surface area contributed by atoms with Gasteiger partial charge in [-0.2, -0.15) is 0 Å². The molecule has 0 aliphatic heterocycles. The van der Waals surface area contributed by atoms with Gasteiger partial charge in [0, 0.05) is 7.05 Å². The second-order valence-corrected chi connectivity index (χ2v) is 6.04. The van der Waals surface area contributed by atoms with Gasteiger partial charge < -0.3 is 9.47 Å². The molecule has 0 rings (SSSR count). The highest BCUT2D eigenvalue weighted by Gasteiger charge is 2.24. The second-order valence-electron chi connectivity index (χ2n) is 6.04. The third-order valence-corrected chi connectivity index (χ3v) is 3.98. The highest BCUT2D eigenvalue weighted by atomic mass is 16.6. The van der Waals surface area contributed by atoms with Gasteiger partial charge in [-0.05, 0) is 13.3 Å². The van der Waals surface area contributed by atoms with Gasteiger partial charge in [0.25, 0.3) is 0 Å². The number of hydrogen-bond donors (Lipinski definition) is 0. The molecule has 24 heavy (non-hydrogen) atoms. The van der Waals surface area contributed by atoms with Crippen molar-refractivity contribution in [1.29, 1.82) is 0 Å². The van der Waals surface area contributed by atoms with Crippen LogP contribution in [0.2, 0.25) is 0 Å². The third kappa shape index (κ3) is 10.9. The highest BCUT2D eigenvalue weighted by molar-refractivity contribution is 5.80. The zero-order valence-corrected chi connectivity index (χ0v) is 15.5. The lowest BCUT2D eigenvalue weighted by Crippen LogP contribution is -2.41. The summed E-state index contributed by atoms with van der Waals surface area (Å²) in [6.45, 7) is 4.12. The van der Waals surface area contributed by atoms with Crippen molar-refractivity contribution in [3.05, 3.63) is 0 Å². The summed E-state index contributed by atoms with van der Waals surface area (Å²) in [6.07, 6.45) is 15.3. The molecule has 0 saturated heterocycles. The van der Waals surface area contributed by atoms with E-state index >= 15 is 0 Å². The Labute approximate surface area is 147 Å². The molecule has 5 heteroatoms. The van der Waals surface area contributed by atoms with Crippen LogP contribution >= 0.6 is 0 Å². The van der Waals surface area contributed by atoms with Crippen molar-refractivity contribution < 1.29 is 19.1 Å². The number of nitrogens with zero attached hydrogens (tertiary/aromatic N) is 1. The van der Waals surface area contributed by atoms with E-state index in [1.807, 2.05) is 0 Å². The molecule has 0 fully saturated rings. The molecule has 5 nitrogen and oxygen atoms in total. The molecule has 0 aliphatic carbocycles. The molecule has 0 aromatic rings. The van der Waals surface area contributed by atoms with Gasteiger partial charge >= 0.3 is 12.1 Å². The smallest absolute Gasteiger partial charge is 0.411 e. The van der Waals surface area contributed by atoms with E-state index in [-0.39, 0.29) is 6.61 Å². The number of carbonyl (C=O) groups is 2. The number of hydrogen-bond acceptors (Lipinski definition) is 4. The minimum atomic E-state index is -0.686. The number of unbranched alkanes of at least 4 members (excludes halogenated alkanes) is 8. The molecular weight excluding hydrogens is 306 g/mol. The molecule has 138 valence electrons. The number of rotatable bonds is 13. The standard InChI is InChI=1S/C19H33NO4/c1-5-7-8-9-10-11-12-13-14-16-23-18(21)17(3)20(4)19(22)24-15-6-2/h2,17H,5,7-16H2,1,3-4H3. The molecule has 1 atom stereocenters. The summed E-state index contributed by atoms with van der Waals surface area (Å²) < 4.78 is 9.98. The van der Waals surface area contributed by atoms with Crippen LogP contribution in [0.15, 0.2) is 0 Å². The zero-order valence-electron chi connectivity index (χ0n) is 15.5. The van der Waals surface area contributed by atoms with E-state index in [2.05, 4.69) is 12.8 Å². The first-order chi connectivity index (χ1) is 11.5. The molecule has 1 amide bonds. The van der Waals surface area contributed by atoms with Crippen molar-refractivity contribution in [2.24, 2.45) is 0 Å². The van der Waals surface area contributed by atoms with E-state index in [4.69, 9.17) is 15.9 Å². The number of esters is 1. The fourth-order valence-corrected chi connectivity index (χ4v) is 2.23. The average Bonchev–Trinajstić information content (AvgIpc) is 2.59. The molecule has 1 unspecified atom stereocenters. The van der Waals surface area contributed by atoms with Crippen molar-refractivity contribution in [3.8, 4) is 12.3 Å². The molecule has 0 heterocycles.